The molecule has 3 aromatic rings. The van der Waals surface area contributed by atoms with Gasteiger partial charge in [-0.1, -0.05) is 35.3 Å². The molecule has 4 rings (SSSR count). The van der Waals surface area contributed by atoms with Gasteiger partial charge in [-0.15, -0.1) is 11.3 Å². The molecule has 9 heteroatoms. The number of ether oxygens (including phenoxy) is 1. The van der Waals surface area contributed by atoms with Crippen molar-refractivity contribution >= 4 is 52.0 Å². The Kier molecular flexibility index (Phi) is 6.00. The molecule has 158 valence electrons. The molecule has 0 saturated carbocycles. The summed E-state index contributed by atoms with van der Waals surface area (Å²) < 4.78 is 5.14. The number of nitrogens with zero attached hydrogens (tertiary/aromatic N) is 2. The number of carbonyl (C=O) groups is 2. The van der Waals surface area contributed by atoms with Gasteiger partial charge in [-0.05, 0) is 35.2 Å². The van der Waals surface area contributed by atoms with Crippen LogP contribution in [-0.2, 0) is 16.1 Å². The second-order valence-electron chi connectivity index (χ2n) is 6.78. The number of thiophene rings is 1. The number of halogens is 2. The Bertz CT molecular complexity index is 1160. The number of amides is 1. The van der Waals surface area contributed by atoms with E-state index in [1.54, 1.807) is 18.5 Å². The predicted molar refractivity (Wildman–Crippen MR) is 119 cm³/mol. The van der Waals surface area contributed by atoms with Crippen LogP contribution < -0.4 is 4.74 Å². The maximum Gasteiger partial charge on any atom is 0.295 e. The van der Waals surface area contributed by atoms with Crippen molar-refractivity contribution in [3.05, 3.63) is 85.8 Å². The number of ketones is 1. The number of rotatable bonds is 5. The molecule has 0 aliphatic carbocycles. The van der Waals surface area contributed by atoms with Crippen molar-refractivity contribution in [3.63, 3.8) is 0 Å². The highest BCUT2D eigenvalue weighted by Gasteiger charge is 2.46. The van der Waals surface area contributed by atoms with Crippen LogP contribution >= 0.6 is 34.5 Å². The van der Waals surface area contributed by atoms with Crippen LogP contribution in [0.1, 0.15) is 22.0 Å². The van der Waals surface area contributed by atoms with Crippen molar-refractivity contribution in [1.82, 2.24) is 9.88 Å². The number of aliphatic hydroxyl groups excluding tert-OH is 1. The smallest absolute Gasteiger partial charge is 0.295 e. The number of likely N-dealkylation sites (tertiary alicyclic amines) is 1. The molecule has 1 fully saturated rings. The molecule has 3 heterocycles. The lowest BCUT2D eigenvalue weighted by molar-refractivity contribution is -0.140. The molecule has 0 bridgehead atoms. The first-order chi connectivity index (χ1) is 14.9. The van der Waals surface area contributed by atoms with Gasteiger partial charge >= 0.3 is 0 Å². The van der Waals surface area contributed by atoms with Crippen LogP contribution in [0.15, 0.2) is 59.7 Å². The maximum absolute atomic E-state index is 13.0. The Labute approximate surface area is 192 Å². The maximum atomic E-state index is 13.0. The Morgan fingerprint density at radius 1 is 1.23 bits per heavy atom. The molecular formula is C22H16Cl2N2O4S. The lowest BCUT2D eigenvalue weighted by Gasteiger charge is -2.24. The van der Waals surface area contributed by atoms with E-state index in [2.05, 4.69) is 4.98 Å². The van der Waals surface area contributed by atoms with Crippen LogP contribution in [0.2, 0.25) is 10.0 Å². The van der Waals surface area contributed by atoms with E-state index in [1.807, 2.05) is 23.6 Å². The molecular weight excluding hydrogens is 459 g/mol. The van der Waals surface area contributed by atoms with Gasteiger partial charge in [0.1, 0.15) is 5.76 Å². The molecule has 1 atom stereocenters. The lowest BCUT2D eigenvalue weighted by Crippen LogP contribution is -2.28. The fraction of sp³-hybridized carbons (Fsp3) is 0.136. The predicted octanol–water partition coefficient (Wildman–Crippen LogP) is 5.08. The van der Waals surface area contributed by atoms with E-state index in [9.17, 15) is 14.7 Å². The number of methoxy groups -OCH3 is 1. The number of carbonyl (C=O) groups excluding carboxylic acids is 2. The quantitative estimate of drug-likeness (QED) is 0.316. The zero-order valence-electron chi connectivity index (χ0n) is 16.2. The van der Waals surface area contributed by atoms with Crippen LogP contribution in [0.5, 0.6) is 5.75 Å². The van der Waals surface area contributed by atoms with Gasteiger partial charge in [-0.2, -0.15) is 0 Å². The normalized spacial score (nSPS) is 17.9. The van der Waals surface area contributed by atoms with Gasteiger partial charge in [-0.25, -0.2) is 0 Å². The van der Waals surface area contributed by atoms with Gasteiger partial charge in [0.2, 0.25) is 0 Å². The highest BCUT2D eigenvalue weighted by Crippen LogP contribution is 2.43. The zero-order valence-corrected chi connectivity index (χ0v) is 18.5. The minimum Gasteiger partial charge on any atom is -0.507 e. The third kappa shape index (κ3) is 3.92. The molecule has 1 aromatic carbocycles. The summed E-state index contributed by atoms with van der Waals surface area (Å²) in [5, 5.41) is 13.3. The summed E-state index contributed by atoms with van der Waals surface area (Å²) in [5.41, 5.74) is 0.965. The fourth-order valence-corrected chi connectivity index (χ4v) is 5.01. The summed E-state index contributed by atoms with van der Waals surface area (Å²) in [6, 6.07) is 9.36. The first-order valence-electron chi connectivity index (χ1n) is 9.16. The molecule has 0 spiro atoms. The summed E-state index contributed by atoms with van der Waals surface area (Å²) >= 11 is 13.8. The Morgan fingerprint density at radius 3 is 2.55 bits per heavy atom. The Balaban J connectivity index is 1.85. The van der Waals surface area contributed by atoms with Crippen molar-refractivity contribution in [1.29, 1.82) is 0 Å². The van der Waals surface area contributed by atoms with E-state index in [-0.39, 0.29) is 39.2 Å². The van der Waals surface area contributed by atoms with E-state index < -0.39 is 17.7 Å². The average Bonchev–Trinajstić information content (AvgIpc) is 3.36. The van der Waals surface area contributed by atoms with E-state index in [0.717, 1.165) is 10.4 Å². The third-order valence-electron chi connectivity index (χ3n) is 4.90. The van der Waals surface area contributed by atoms with Gasteiger partial charge in [0.15, 0.2) is 5.75 Å². The standard InChI is InChI=1S/C22H16Cl2N2O4S/c1-30-21-14(23)8-13(9-15(21)24)19(27)17-18(16-5-3-7-31-16)26(22(29)20(17)28)11-12-4-2-6-25-10-12/h2-10,18,27H,11H2,1H3/b19-17-. The molecule has 1 N–H and O–H groups in total. The first-order valence-corrected chi connectivity index (χ1v) is 10.8. The first kappa shape index (κ1) is 21.4. The highest BCUT2D eigenvalue weighted by molar-refractivity contribution is 7.10. The monoisotopic (exact) mass is 474 g/mol. The number of pyridine rings is 1. The lowest BCUT2D eigenvalue weighted by atomic mass is 9.99. The van der Waals surface area contributed by atoms with Crippen molar-refractivity contribution in [2.24, 2.45) is 0 Å². The van der Waals surface area contributed by atoms with Gasteiger partial charge in [0.05, 0.1) is 28.8 Å². The van der Waals surface area contributed by atoms with E-state index in [4.69, 9.17) is 27.9 Å². The topological polar surface area (TPSA) is 79.7 Å². The molecule has 1 aliphatic rings. The van der Waals surface area contributed by atoms with E-state index in [0.29, 0.717) is 0 Å². The molecule has 1 saturated heterocycles. The minimum absolute atomic E-state index is 0.0198. The number of hydrogen-bond acceptors (Lipinski definition) is 6. The molecule has 1 unspecified atom stereocenters. The molecule has 0 radical (unpaired) electrons. The molecule has 1 aliphatic heterocycles. The minimum atomic E-state index is -0.775. The van der Waals surface area contributed by atoms with E-state index in [1.165, 1.54) is 35.5 Å². The van der Waals surface area contributed by atoms with E-state index >= 15 is 0 Å². The average molecular weight is 475 g/mol. The second-order valence-corrected chi connectivity index (χ2v) is 8.57. The summed E-state index contributed by atoms with van der Waals surface area (Å²) in [6.07, 6.45) is 3.26. The Hall–Kier alpha value is -2.87. The van der Waals surface area contributed by atoms with Crippen LogP contribution in [0.3, 0.4) is 0 Å². The fourth-order valence-electron chi connectivity index (χ4n) is 3.52. The van der Waals surface area contributed by atoms with Crippen molar-refractivity contribution < 1.29 is 19.4 Å². The number of aliphatic hydroxyl groups is 1. The molecule has 6 nitrogen and oxygen atoms in total. The second kappa shape index (κ2) is 8.70. The largest absolute Gasteiger partial charge is 0.507 e. The summed E-state index contributed by atoms with van der Waals surface area (Å²) in [7, 11) is 1.42. The van der Waals surface area contributed by atoms with Gasteiger partial charge in [0.25, 0.3) is 11.7 Å². The van der Waals surface area contributed by atoms with Crippen LogP contribution in [0, 0.1) is 0 Å². The zero-order chi connectivity index (χ0) is 22.1. The van der Waals surface area contributed by atoms with Gasteiger partial charge in [-0.3, -0.25) is 14.6 Å². The van der Waals surface area contributed by atoms with Crippen LogP contribution in [-0.4, -0.2) is 33.8 Å². The summed E-state index contributed by atoms with van der Waals surface area (Å²) in [5.74, 6) is -1.57. The number of benzene rings is 1. The SMILES string of the molecule is COc1c(Cl)cc(/C(O)=C2/C(=O)C(=O)N(Cc3cccnc3)C2c2cccs2)cc1Cl. The van der Waals surface area contributed by atoms with Crippen molar-refractivity contribution in [2.75, 3.05) is 7.11 Å². The molecule has 2 aromatic heterocycles. The summed E-state index contributed by atoms with van der Waals surface area (Å²) in [6.45, 7) is 0.169. The van der Waals surface area contributed by atoms with Crippen LogP contribution in [0.25, 0.3) is 5.76 Å². The third-order valence-corrected chi connectivity index (χ3v) is 6.39. The Morgan fingerprint density at radius 2 is 1.97 bits per heavy atom. The number of hydrogen-bond donors (Lipinski definition) is 1. The van der Waals surface area contributed by atoms with Gasteiger partial charge < -0.3 is 14.7 Å². The summed E-state index contributed by atoms with van der Waals surface area (Å²) in [4.78, 5) is 32.2. The van der Waals surface area contributed by atoms with Crippen LogP contribution in [0.4, 0.5) is 0 Å². The van der Waals surface area contributed by atoms with Crippen molar-refractivity contribution in [3.8, 4) is 5.75 Å². The molecule has 31 heavy (non-hydrogen) atoms. The number of Topliss-reactive ketones (excluding diaryl/α,β-unsaturated/α-hetero) is 1. The highest BCUT2D eigenvalue weighted by atomic mass is 35.5. The molecule has 1 amide bonds. The number of aromatic nitrogens is 1. The van der Waals surface area contributed by atoms with Gasteiger partial charge in [0, 0.05) is 29.4 Å². The van der Waals surface area contributed by atoms with Crippen molar-refractivity contribution in [2.45, 2.75) is 12.6 Å².